The van der Waals surface area contributed by atoms with E-state index >= 15 is 0 Å². The van der Waals surface area contributed by atoms with Crippen molar-refractivity contribution in [3.63, 3.8) is 0 Å². The molecule has 0 rings (SSSR count). The Kier molecular flexibility index (Phi) is 46.9. The lowest BCUT2D eigenvalue weighted by Crippen LogP contribution is -2.30. The molecule has 0 saturated heterocycles. The fourth-order valence-corrected chi connectivity index (χ4v) is 6.92. The monoisotopic (exact) mass is 851 g/mol. The number of hydrogen-bond donors (Lipinski definition) is 0. The summed E-state index contributed by atoms with van der Waals surface area (Å²) in [6.45, 7) is 6.35. The zero-order chi connectivity index (χ0) is 44.4. The van der Waals surface area contributed by atoms with Crippen molar-refractivity contribution in [3.05, 3.63) is 72.9 Å². The predicted octanol–water partition coefficient (Wildman–Crippen LogP) is 16.6. The first kappa shape index (κ1) is 57.9. The van der Waals surface area contributed by atoms with Crippen molar-refractivity contribution in [2.45, 2.75) is 245 Å². The summed E-state index contributed by atoms with van der Waals surface area (Å²) in [5.41, 5.74) is 0. The van der Waals surface area contributed by atoms with E-state index in [0.29, 0.717) is 12.8 Å². The average molecular weight is 851 g/mol. The van der Waals surface area contributed by atoms with Gasteiger partial charge in [0.15, 0.2) is 6.10 Å². The first-order valence-electron chi connectivity index (χ1n) is 25.4. The van der Waals surface area contributed by atoms with Crippen LogP contribution in [0.15, 0.2) is 72.9 Å². The smallest absolute Gasteiger partial charge is 0.310 e. The molecule has 0 aromatic heterocycles. The Balaban J connectivity index is 4.20. The summed E-state index contributed by atoms with van der Waals surface area (Å²) in [6.07, 6.45) is 62.5. The first-order valence-corrected chi connectivity index (χ1v) is 25.4. The van der Waals surface area contributed by atoms with Crippen LogP contribution in [0.1, 0.15) is 239 Å². The van der Waals surface area contributed by atoms with Gasteiger partial charge < -0.3 is 14.2 Å². The molecule has 1 unspecified atom stereocenters. The van der Waals surface area contributed by atoms with Gasteiger partial charge in [-0.25, -0.2) is 0 Å². The zero-order valence-corrected chi connectivity index (χ0v) is 39.9. The quantitative estimate of drug-likeness (QED) is 0.0263. The second-order valence-corrected chi connectivity index (χ2v) is 16.7. The Labute approximate surface area is 376 Å². The standard InChI is InChI=1S/C55H94O6/c1-4-7-10-13-15-17-19-21-23-24-25-26-27-28-29-30-32-33-35-37-39-42-45-48-54(57)60-51-52(50-59-53(56)47-44-41-12-9-6-3)61-55(58)49-46-43-40-38-36-34-31-22-20-18-16-14-11-8-5-2/h8,11,16,18,22,24-25,31,36,38,43,46,52H,4-7,9-10,12-15,17,19-21,23,26-30,32-35,37,39-42,44-45,47-51H2,1-3H3/b11-8-,18-16-,25-24-,31-22-,38-36-,46-43-. The highest BCUT2D eigenvalue weighted by Crippen LogP contribution is 2.14. The second kappa shape index (κ2) is 49.5. The van der Waals surface area contributed by atoms with E-state index in [1.807, 2.05) is 6.08 Å². The van der Waals surface area contributed by atoms with Crippen LogP contribution in [0, 0.1) is 0 Å². The summed E-state index contributed by atoms with van der Waals surface area (Å²) >= 11 is 0. The summed E-state index contributed by atoms with van der Waals surface area (Å²) in [5, 5.41) is 0. The molecule has 0 fully saturated rings. The molecule has 0 spiro atoms. The topological polar surface area (TPSA) is 78.9 Å². The minimum absolute atomic E-state index is 0.0979. The minimum Gasteiger partial charge on any atom is -0.462 e. The third-order valence-electron chi connectivity index (χ3n) is 10.7. The van der Waals surface area contributed by atoms with Gasteiger partial charge in [-0.1, -0.05) is 222 Å². The molecule has 0 radical (unpaired) electrons. The number of carbonyl (C=O) groups excluding carboxylic acids is 3. The van der Waals surface area contributed by atoms with Crippen molar-refractivity contribution >= 4 is 17.9 Å². The lowest BCUT2D eigenvalue weighted by molar-refractivity contribution is -0.166. The summed E-state index contributed by atoms with van der Waals surface area (Å²) < 4.78 is 16.5. The van der Waals surface area contributed by atoms with Gasteiger partial charge in [0.2, 0.25) is 0 Å². The van der Waals surface area contributed by atoms with Crippen LogP contribution in [-0.4, -0.2) is 37.2 Å². The molecule has 0 aliphatic carbocycles. The molecular weight excluding hydrogens is 757 g/mol. The Morgan fingerprint density at radius 3 is 1.07 bits per heavy atom. The number of ether oxygens (including phenoxy) is 3. The minimum atomic E-state index is -0.825. The Bertz CT molecular complexity index is 1160. The van der Waals surface area contributed by atoms with Gasteiger partial charge in [-0.15, -0.1) is 0 Å². The van der Waals surface area contributed by atoms with Crippen LogP contribution >= 0.6 is 0 Å². The predicted molar refractivity (Wildman–Crippen MR) is 261 cm³/mol. The molecule has 0 amide bonds. The SMILES string of the molecule is CC/C=C\C/C=C\C/C=C\C/C=C\C/C=C\CC(=O)OC(COC(=O)CCCCCCC)COC(=O)CCCCCCCCCCCCC/C=C\CCCCCCCCCC. The first-order chi connectivity index (χ1) is 30.0. The highest BCUT2D eigenvalue weighted by molar-refractivity contribution is 5.72. The number of hydrogen-bond acceptors (Lipinski definition) is 6. The van der Waals surface area contributed by atoms with E-state index in [9.17, 15) is 14.4 Å². The molecule has 0 aromatic carbocycles. The normalized spacial score (nSPS) is 12.6. The Hall–Kier alpha value is -3.15. The average Bonchev–Trinajstić information content (AvgIpc) is 3.26. The van der Waals surface area contributed by atoms with Crippen molar-refractivity contribution < 1.29 is 28.6 Å². The van der Waals surface area contributed by atoms with Crippen LogP contribution in [0.5, 0.6) is 0 Å². The van der Waals surface area contributed by atoms with Crippen molar-refractivity contribution in [2.24, 2.45) is 0 Å². The van der Waals surface area contributed by atoms with Crippen LogP contribution in [-0.2, 0) is 28.6 Å². The molecule has 6 nitrogen and oxygen atoms in total. The van der Waals surface area contributed by atoms with Crippen molar-refractivity contribution in [2.75, 3.05) is 13.2 Å². The van der Waals surface area contributed by atoms with E-state index < -0.39 is 12.1 Å². The number of rotatable bonds is 45. The van der Waals surface area contributed by atoms with Crippen LogP contribution in [0.4, 0.5) is 0 Å². The lowest BCUT2D eigenvalue weighted by Gasteiger charge is -2.18. The molecular formula is C55H94O6. The summed E-state index contributed by atoms with van der Waals surface area (Å²) in [6, 6.07) is 0. The highest BCUT2D eigenvalue weighted by atomic mass is 16.6. The van der Waals surface area contributed by atoms with E-state index in [1.54, 1.807) is 6.08 Å². The molecule has 0 bridgehead atoms. The van der Waals surface area contributed by atoms with Gasteiger partial charge in [-0.05, 0) is 70.6 Å². The number of carbonyl (C=O) groups is 3. The van der Waals surface area contributed by atoms with Gasteiger partial charge in [0.25, 0.3) is 0 Å². The number of unbranched alkanes of at least 4 members (excludes halogenated alkanes) is 23. The van der Waals surface area contributed by atoms with Gasteiger partial charge in [0.05, 0.1) is 6.42 Å². The molecule has 0 aromatic rings. The lowest BCUT2D eigenvalue weighted by atomic mass is 10.0. The van der Waals surface area contributed by atoms with Gasteiger partial charge in [0, 0.05) is 12.8 Å². The Morgan fingerprint density at radius 1 is 0.361 bits per heavy atom. The fourth-order valence-electron chi connectivity index (χ4n) is 6.92. The van der Waals surface area contributed by atoms with Gasteiger partial charge in [-0.2, -0.15) is 0 Å². The fraction of sp³-hybridized carbons (Fsp3) is 0.727. The van der Waals surface area contributed by atoms with Crippen molar-refractivity contribution in [3.8, 4) is 0 Å². The van der Waals surface area contributed by atoms with Gasteiger partial charge >= 0.3 is 17.9 Å². The summed E-state index contributed by atoms with van der Waals surface area (Å²) in [4.78, 5) is 37.5. The summed E-state index contributed by atoms with van der Waals surface area (Å²) in [7, 11) is 0. The molecule has 0 N–H and O–H groups in total. The zero-order valence-electron chi connectivity index (χ0n) is 39.9. The van der Waals surface area contributed by atoms with Crippen LogP contribution < -0.4 is 0 Å². The highest BCUT2D eigenvalue weighted by Gasteiger charge is 2.19. The number of allylic oxidation sites excluding steroid dienone is 11. The third-order valence-corrected chi connectivity index (χ3v) is 10.7. The van der Waals surface area contributed by atoms with Crippen LogP contribution in [0.3, 0.4) is 0 Å². The van der Waals surface area contributed by atoms with Crippen LogP contribution in [0.2, 0.25) is 0 Å². The maximum Gasteiger partial charge on any atom is 0.310 e. The molecule has 1 atom stereocenters. The molecule has 6 heteroatoms. The van der Waals surface area contributed by atoms with E-state index in [0.717, 1.165) is 83.5 Å². The van der Waals surface area contributed by atoms with E-state index in [-0.39, 0.29) is 31.6 Å². The maximum atomic E-state index is 12.6. The molecule has 350 valence electrons. The second-order valence-electron chi connectivity index (χ2n) is 16.7. The molecule has 61 heavy (non-hydrogen) atoms. The van der Waals surface area contributed by atoms with Crippen molar-refractivity contribution in [1.82, 2.24) is 0 Å². The van der Waals surface area contributed by atoms with Crippen LogP contribution in [0.25, 0.3) is 0 Å². The third kappa shape index (κ3) is 47.7. The van der Waals surface area contributed by atoms with Crippen molar-refractivity contribution in [1.29, 1.82) is 0 Å². The van der Waals surface area contributed by atoms with Gasteiger partial charge in [-0.3, -0.25) is 14.4 Å². The van der Waals surface area contributed by atoms with E-state index in [2.05, 4.69) is 81.5 Å². The molecule has 0 aliphatic heterocycles. The van der Waals surface area contributed by atoms with E-state index in [4.69, 9.17) is 14.2 Å². The maximum absolute atomic E-state index is 12.6. The largest absolute Gasteiger partial charge is 0.462 e. The number of esters is 3. The molecule has 0 aliphatic rings. The molecule has 0 heterocycles. The summed E-state index contributed by atoms with van der Waals surface area (Å²) in [5.74, 6) is -1.06. The van der Waals surface area contributed by atoms with E-state index in [1.165, 1.54) is 116 Å². The Morgan fingerprint density at radius 2 is 0.689 bits per heavy atom. The van der Waals surface area contributed by atoms with Gasteiger partial charge in [0.1, 0.15) is 13.2 Å². The molecule has 0 saturated carbocycles.